The molecule has 4 rings (SSSR count). The largest absolute Gasteiger partial charge is 0.350 e. The van der Waals surface area contributed by atoms with Crippen molar-refractivity contribution in [3.63, 3.8) is 0 Å². The summed E-state index contributed by atoms with van der Waals surface area (Å²) >= 11 is 0. The van der Waals surface area contributed by atoms with Crippen molar-refractivity contribution in [3.8, 4) is 0 Å². The Morgan fingerprint density at radius 3 is 2.84 bits per heavy atom. The van der Waals surface area contributed by atoms with Gasteiger partial charge in [0, 0.05) is 49.9 Å². The molecule has 8 heteroatoms. The second kappa shape index (κ2) is 9.41. The van der Waals surface area contributed by atoms with Crippen LogP contribution in [0.2, 0.25) is 0 Å². The number of piperidine rings is 1. The van der Waals surface area contributed by atoms with Gasteiger partial charge in [-0.3, -0.25) is 14.6 Å². The van der Waals surface area contributed by atoms with Gasteiger partial charge in [-0.05, 0) is 44.7 Å². The van der Waals surface area contributed by atoms with E-state index in [1.165, 1.54) is 12.5 Å². The zero-order chi connectivity index (χ0) is 21.8. The Morgan fingerprint density at radius 2 is 2.06 bits per heavy atom. The first-order chi connectivity index (χ1) is 15.0. The topological polar surface area (TPSA) is 91.3 Å². The number of fused-ring (bicyclic) bond motifs is 1. The number of pyridine rings is 1. The van der Waals surface area contributed by atoms with Gasteiger partial charge in [0.15, 0.2) is 0 Å². The molecule has 4 heterocycles. The fraction of sp³-hybridized carbons (Fsp3) is 0.522. The zero-order valence-electron chi connectivity index (χ0n) is 18.3. The van der Waals surface area contributed by atoms with E-state index in [0.29, 0.717) is 13.1 Å². The van der Waals surface area contributed by atoms with E-state index < -0.39 is 0 Å². The summed E-state index contributed by atoms with van der Waals surface area (Å²) in [5, 5.41) is 2.60. The summed E-state index contributed by atoms with van der Waals surface area (Å²) in [6.45, 7) is 6.52. The minimum atomic E-state index is -0.191. The molecule has 1 fully saturated rings. The molecule has 2 aliphatic rings. The van der Waals surface area contributed by atoms with Crippen LogP contribution in [-0.2, 0) is 22.6 Å². The van der Waals surface area contributed by atoms with E-state index in [1.54, 1.807) is 0 Å². The lowest BCUT2D eigenvalue weighted by Gasteiger charge is -2.34. The Labute approximate surface area is 183 Å². The van der Waals surface area contributed by atoms with E-state index in [0.717, 1.165) is 61.8 Å². The Bertz CT molecular complexity index is 949. The smallest absolute Gasteiger partial charge is 0.241 e. The molecule has 2 aliphatic heterocycles. The average Bonchev–Trinajstić information content (AvgIpc) is 2.78. The van der Waals surface area contributed by atoms with Gasteiger partial charge in [0.1, 0.15) is 11.6 Å². The van der Waals surface area contributed by atoms with Crippen LogP contribution < -0.4 is 10.2 Å². The van der Waals surface area contributed by atoms with Gasteiger partial charge in [-0.25, -0.2) is 9.97 Å². The molecule has 0 aliphatic carbocycles. The van der Waals surface area contributed by atoms with Gasteiger partial charge < -0.3 is 15.1 Å². The SMILES string of the molecule is CC(=O)NCC(=O)N1CCC[C@H](c2nc(C)c3c(n2)N(Cc2ccccn2)CCC3)C1. The van der Waals surface area contributed by atoms with Gasteiger partial charge in [-0.1, -0.05) is 6.07 Å². The first-order valence-electron chi connectivity index (χ1n) is 11.1. The fourth-order valence-electron chi connectivity index (χ4n) is 4.46. The van der Waals surface area contributed by atoms with Crippen molar-refractivity contribution in [2.45, 2.75) is 52.0 Å². The van der Waals surface area contributed by atoms with Gasteiger partial charge in [0.05, 0.1) is 18.8 Å². The maximum absolute atomic E-state index is 12.5. The Hall–Kier alpha value is -3.03. The van der Waals surface area contributed by atoms with Crippen molar-refractivity contribution in [1.29, 1.82) is 0 Å². The van der Waals surface area contributed by atoms with Crippen LogP contribution in [-0.4, -0.2) is 57.8 Å². The highest BCUT2D eigenvalue weighted by Crippen LogP contribution is 2.32. The van der Waals surface area contributed by atoms with E-state index in [2.05, 4.69) is 22.1 Å². The minimum Gasteiger partial charge on any atom is -0.350 e. The van der Waals surface area contributed by atoms with E-state index in [-0.39, 0.29) is 24.3 Å². The highest BCUT2D eigenvalue weighted by Gasteiger charge is 2.29. The first kappa shape index (κ1) is 21.2. The van der Waals surface area contributed by atoms with Crippen molar-refractivity contribution < 1.29 is 9.59 Å². The molecule has 8 nitrogen and oxygen atoms in total. The van der Waals surface area contributed by atoms with Crippen molar-refractivity contribution in [3.05, 3.63) is 47.2 Å². The third-order valence-electron chi connectivity index (χ3n) is 6.07. The number of carbonyl (C=O) groups excluding carboxylic acids is 2. The second-order valence-electron chi connectivity index (χ2n) is 8.40. The molecule has 1 saturated heterocycles. The predicted octanol–water partition coefficient (Wildman–Crippen LogP) is 1.97. The monoisotopic (exact) mass is 422 g/mol. The molecule has 0 unspecified atom stereocenters. The number of likely N-dealkylation sites (tertiary alicyclic amines) is 1. The molecule has 2 amide bonds. The maximum Gasteiger partial charge on any atom is 0.241 e. The molecule has 0 saturated carbocycles. The number of nitrogens with one attached hydrogen (secondary N) is 1. The molecule has 0 aromatic carbocycles. The number of amides is 2. The average molecular weight is 423 g/mol. The molecule has 0 spiro atoms. The Morgan fingerprint density at radius 1 is 1.19 bits per heavy atom. The summed E-state index contributed by atoms with van der Waals surface area (Å²) in [6.07, 6.45) is 5.77. The van der Waals surface area contributed by atoms with Crippen LogP contribution in [0.5, 0.6) is 0 Å². The lowest BCUT2D eigenvalue weighted by atomic mass is 9.96. The third kappa shape index (κ3) is 5.00. The van der Waals surface area contributed by atoms with Crippen LogP contribution >= 0.6 is 0 Å². The zero-order valence-corrected chi connectivity index (χ0v) is 18.3. The number of aryl methyl sites for hydroxylation is 1. The number of anilines is 1. The first-order valence-corrected chi connectivity index (χ1v) is 11.1. The van der Waals surface area contributed by atoms with Crippen molar-refractivity contribution in [1.82, 2.24) is 25.2 Å². The molecule has 1 N–H and O–H groups in total. The summed E-state index contributed by atoms with van der Waals surface area (Å²) < 4.78 is 0. The van der Waals surface area contributed by atoms with Crippen LogP contribution in [0.1, 0.15) is 54.9 Å². The Balaban J connectivity index is 1.54. The highest BCUT2D eigenvalue weighted by molar-refractivity contribution is 5.83. The number of rotatable bonds is 5. The number of aromatic nitrogens is 3. The van der Waals surface area contributed by atoms with Crippen LogP contribution in [0.4, 0.5) is 5.82 Å². The molecular formula is C23H30N6O2. The molecule has 2 aromatic rings. The van der Waals surface area contributed by atoms with E-state index in [4.69, 9.17) is 9.97 Å². The van der Waals surface area contributed by atoms with E-state index in [1.807, 2.05) is 29.3 Å². The van der Waals surface area contributed by atoms with Crippen LogP contribution in [0.15, 0.2) is 24.4 Å². The summed E-state index contributed by atoms with van der Waals surface area (Å²) in [6, 6.07) is 5.99. The van der Waals surface area contributed by atoms with Crippen molar-refractivity contribution in [2.75, 3.05) is 31.1 Å². The fourth-order valence-corrected chi connectivity index (χ4v) is 4.46. The quantitative estimate of drug-likeness (QED) is 0.792. The number of hydrogen-bond acceptors (Lipinski definition) is 6. The highest BCUT2D eigenvalue weighted by atomic mass is 16.2. The Kier molecular flexibility index (Phi) is 6.44. The number of nitrogens with zero attached hydrogens (tertiary/aromatic N) is 5. The van der Waals surface area contributed by atoms with Gasteiger partial charge in [-0.2, -0.15) is 0 Å². The van der Waals surface area contributed by atoms with Crippen LogP contribution in [0.3, 0.4) is 0 Å². The third-order valence-corrected chi connectivity index (χ3v) is 6.07. The summed E-state index contributed by atoms with van der Waals surface area (Å²) in [4.78, 5) is 42.1. The molecule has 164 valence electrons. The van der Waals surface area contributed by atoms with Gasteiger partial charge in [-0.15, -0.1) is 0 Å². The van der Waals surface area contributed by atoms with Gasteiger partial charge in [0.25, 0.3) is 0 Å². The summed E-state index contributed by atoms with van der Waals surface area (Å²) in [5.41, 5.74) is 3.29. The van der Waals surface area contributed by atoms with Crippen LogP contribution in [0, 0.1) is 6.92 Å². The molecule has 2 aromatic heterocycles. The summed E-state index contributed by atoms with van der Waals surface area (Å²) in [7, 11) is 0. The number of carbonyl (C=O) groups is 2. The normalized spacial score (nSPS) is 18.5. The van der Waals surface area contributed by atoms with Gasteiger partial charge in [0.2, 0.25) is 11.8 Å². The van der Waals surface area contributed by atoms with E-state index in [9.17, 15) is 9.59 Å². The van der Waals surface area contributed by atoms with Crippen LogP contribution in [0.25, 0.3) is 0 Å². The molecule has 1 atom stereocenters. The molecule has 0 radical (unpaired) electrons. The molecule has 31 heavy (non-hydrogen) atoms. The lowest BCUT2D eigenvalue weighted by molar-refractivity contribution is -0.133. The maximum atomic E-state index is 12.5. The second-order valence-corrected chi connectivity index (χ2v) is 8.40. The predicted molar refractivity (Wildman–Crippen MR) is 118 cm³/mol. The molecular weight excluding hydrogens is 392 g/mol. The van der Waals surface area contributed by atoms with Gasteiger partial charge >= 0.3 is 0 Å². The lowest BCUT2D eigenvalue weighted by Crippen LogP contribution is -2.44. The minimum absolute atomic E-state index is 0.0456. The summed E-state index contributed by atoms with van der Waals surface area (Å²) in [5.74, 6) is 1.70. The molecule has 0 bridgehead atoms. The standard InChI is InChI=1S/C23H30N6O2/c1-16-20-9-6-12-29(15-19-8-3-4-10-24-19)23(20)27-22(26-16)18-7-5-11-28(14-18)21(31)13-25-17(2)30/h3-4,8,10,18H,5-7,9,11-15H2,1-2H3,(H,25,30)/t18-/m0/s1. The number of hydrogen-bond donors (Lipinski definition) is 1. The van der Waals surface area contributed by atoms with Crippen molar-refractivity contribution >= 4 is 17.6 Å². The van der Waals surface area contributed by atoms with Crippen molar-refractivity contribution in [2.24, 2.45) is 0 Å². The van der Waals surface area contributed by atoms with E-state index >= 15 is 0 Å².